The Morgan fingerprint density at radius 1 is 1.45 bits per heavy atom. The molecule has 2 rings (SSSR count). The lowest BCUT2D eigenvalue weighted by molar-refractivity contribution is 0.0647. The largest absolute Gasteiger partial charge is 0.388 e. The lowest BCUT2D eigenvalue weighted by Crippen LogP contribution is -2.39. The Morgan fingerprint density at radius 3 is 2.82 bits per heavy atom. The summed E-state index contributed by atoms with van der Waals surface area (Å²) >= 11 is 3.37. The van der Waals surface area contributed by atoms with Crippen LogP contribution in [0.3, 0.4) is 0 Å². The van der Waals surface area contributed by atoms with E-state index in [4.69, 9.17) is 0 Å². The van der Waals surface area contributed by atoms with Gasteiger partial charge in [-0.25, -0.2) is 9.37 Å². The molecule has 0 unspecified atom stereocenters. The number of anilines is 2. The van der Waals surface area contributed by atoms with Gasteiger partial charge in [-0.2, -0.15) is 4.98 Å². The molecule has 1 aromatic rings. The zero-order valence-electron chi connectivity index (χ0n) is 12.7. The van der Waals surface area contributed by atoms with Crippen LogP contribution in [0.4, 0.5) is 16.2 Å². The van der Waals surface area contributed by atoms with Crippen molar-refractivity contribution in [1.82, 2.24) is 9.97 Å². The maximum absolute atomic E-state index is 13.2. The van der Waals surface area contributed by atoms with Crippen LogP contribution < -0.4 is 10.6 Å². The van der Waals surface area contributed by atoms with Crippen LogP contribution in [0.15, 0.2) is 34.3 Å². The zero-order chi connectivity index (χ0) is 16.3. The molecular formula is C15H19BrFN4O. The second-order valence-corrected chi connectivity index (χ2v) is 6.52. The summed E-state index contributed by atoms with van der Waals surface area (Å²) in [5.41, 5.74) is -0.283. The monoisotopic (exact) mass is 369 g/mol. The van der Waals surface area contributed by atoms with Gasteiger partial charge in [0.1, 0.15) is 11.6 Å². The van der Waals surface area contributed by atoms with Gasteiger partial charge in [0.05, 0.1) is 16.1 Å². The first-order valence-electron chi connectivity index (χ1n) is 6.95. The fraction of sp³-hybridized carbons (Fsp3) is 0.400. The maximum atomic E-state index is 13.2. The first kappa shape index (κ1) is 16.9. The molecule has 1 atom stereocenters. The lowest BCUT2D eigenvalue weighted by Gasteiger charge is -2.27. The van der Waals surface area contributed by atoms with Crippen LogP contribution in [0, 0.1) is 6.42 Å². The van der Waals surface area contributed by atoms with Gasteiger partial charge in [-0.05, 0) is 49.2 Å². The van der Waals surface area contributed by atoms with Crippen molar-refractivity contribution < 1.29 is 9.50 Å². The van der Waals surface area contributed by atoms with Gasteiger partial charge < -0.3 is 15.7 Å². The summed E-state index contributed by atoms with van der Waals surface area (Å²) < 4.78 is 13.9. The Hall–Kier alpha value is -1.47. The Balaban J connectivity index is 2.15. The Kier molecular flexibility index (Phi) is 5.18. The molecule has 0 saturated carbocycles. The Labute approximate surface area is 137 Å². The van der Waals surface area contributed by atoms with E-state index < -0.39 is 5.60 Å². The quantitative estimate of drug-likeness (QED) is 0.739. The van der Waals surface area contributed by atoms with Gasteiger partial charge in [-0.15, -0.1) is 0 Å². The van der Waals surface area contributed by atoms with E-state index in [2.05, 4.69) is 36.5 Å². The van der Waals surface area contributed by atoms with Crippen molar-refractivity contribution in [2.75, 3.05) is 10.6 Å². The number of nitrogens with one attached hydrogen (secondary N) is 2. The summed E-state index contributed by atoms with van der Waals surface area (Å²) in [7, 11) is 0. The van der Waals surface area contributed by atoms with Gasteiger partial charge in [-0.1, -0.05) is 6.08 Å². The predicted molar refractivity (Wildman–Crippen MR) is 88.9 cm³/mol. The van der Waals surface area contributed by atoms with Gasteiger partial charge in [0, 0.05) is 18.3 Å². The number of nitrogens with zero attached hydrogens (tertiary/aromatic N) is 2. The number of hydrogen-bond acceptors (Lipinski definition) is 5. The van der Waals surface area contributed by atoms with Crippen molar-refractivity contribution >= 4 is 27.7 Å². The highest BCUT2D eigenvalue weighted by Crippen LogP contribution is 2.24. The summed E-state index contributed by atoms with van der Waals surface area (Å²) in [6, 6.07) is -0.215. The third-order valence-electron chi connectivity index (χ3n) is 3.36. The smallest absolute Gasteiger partial charge is 0.229 e. The van der Waals surface area contributed by atoms with Crippen LogP contribution >= 0.6 is 15.9 Å². The van der Waals surface area contributed by atoms with Crippen LogP contribution in [0.25, 0.3) is 0 Å². The molecule has 1 aliphatic carbocycles. The third-order valence-corrected chi connectivity index (χ3v) is 3.94. The highest BCUT2D eigenvalue weighted by atomic mass is 79.9. The molecule has 0 bridgehead atoms. The van der Waals surface area contributed by atoms with Crippen molar-refractivity contribution in [3.05, 3.63) is 40.8 Å². The number of aromatic nitrogens is 2. The Bertz CT molecular complexity index is 610. The first-order chi connectivity index (χ1) is 10.3. The summed E-state index contributed by atoms with van der Waals surface area (Å²) in [5.74, 6) is 0.626. The fourth-order valence-corrected chi connectivity index (χ4v) is 2.00. The number of allylic oxidation sites excluding steroid dienone is 3. The highest BCUT2D eigenvalue weighted by molar-refractivity contribution is 9.10. The minimum atomic E-state index is -0.897. The molecule has 0 spiro atoms. The predicted octanol–water partition coefficient (Wildman–Crippen LogP) is 3.57. The maximum Gasteiger partial charge on any atom is 0.229 e. The molecular weight excluding hydrogens is 351 g/mol. The minimum Gasteiger partial charge on any atom is -0.388 e. The molecule has 119 valence electrons. The topological polar surface area (TPSA) is 70.1 Å². The Morgan fingerprint density at radius 2 is 2.18 bits per heavy atom. The summed E-state index contributed by atoms with van der Waals surface area (Å²) in [4.78, 5) is 8.50. The van der Waals surface area contributed by atoms with E-state index in [9.17, 15) is 9.50 Å². The van der Waals surface area contributed by atoms with Crippen LogP contribution in [0.5, 0.6) is 0 Å². The average molecular weight is 370 g/mol. The number of rotatable bonds is 5. The molecule has 3 N–H and O–H groups in total. The third kappa shape index (κ3) is 4.51. The number of halogens is 2. The van der Waals surface area contributed by atoms with Crippen LogP contribution in [-0.2, 0) is 0 Å². The van der Waals surface area contributed by atoms with E-state index in [1.54, 1.807) is 20.0 Å². The molecule has 1 radical (unpaired) electrons. The zero-order valence-corrected chi connectivity index (χ0v) is 14.3. The van der Waals surface area contributed by atoms with Crippen molar-refractivity contribution in [3.63, 3.8) is 0 Å². The first-order valence-corrected chi connectivity index (χ1v) is 7.74. The standard InChI is InChI=1S/C15H19BrFN4O/c1-9(15(2,3)22)19-13-12(16)8-18-14(21-13)20-11-6-4-5-10(17)7-11/h5-9,22H,4H2,1-3H3,(H2,18,19,20,21)/t9-/m1/s1. The van der Waals surface area contributed by atoms with E-state index in [1.807, 2.05) is 13.0 Å². The number of aliphatic hydroxyl groups is 1. The van der Waals surface area contributed by atoms with Gasteiger partial charge in [0.25, 0.3) is 0 Å². The number of hydrogen-bond donors (Lipinski definition) is 3. The molecule has 1 aliphatic rings. The van der Waals surface area contributed by atoms with E-state index in [0.29, 0.717) is 28.4 Å². The molecule has 1 aromatic heterocycles. The molecule has 0 fully saturated rings. The average Bonchev–Trinajstić information content (AvgIpc) is 2.41. The molecule has 1 heterocycles. The SMILES string of the molecule is C[C@@H](Nc1nc(NC2=CC[CH]C(F)=C2)ncc1Br)C(C)(C)O. The minimum absolute atomic E-state index is 0.215. The van der Waals surface area contributed by atoms with Crippen LogP contribution in [0.2, 0.25) is 0 Å². The van der Waals surface area contributed by atoms with Gasteiger partial charge in [0.2, 0.25) is 5.95 Å². The molecule has 0 aliphatic heterocycles. The lowest BCUT2D eigenvalue weighted by atomic mass is 10.0. The van der Waals surface area contributed by atoms with E-state index in [1.165, 1.54) is 12.5 Å². The molecule has 0 amide bonds. The van der Waals surface area contributed by atoms with Gasteiger partial charge in [-0.3, -0.25) is 0 Å². The molecule has 7 heteroatoms. The van der Waals surface area contributed by atoms with Crippen molar-refractivity contribution in [2.45, 2.75) is 38.8 Å². The van der Waals surface area contributed by atoms with Crippen LogP contribution in [-0.4, -0.2) is 26.7 Å². The molecule has 22 heavy (non-hydrogen) atoms. The van der Waals surface area contributed by atoms with Gasteiger partial charge >= 0.3 is 0 Å². The molecule has 5 nitrogen and oxygen atoms in total. The molecule has 0 saturated heterocycles. The normalized spacial score (nSPS) is 16.6. The second kappa shape index (κ2) is 6.75. The van der Waals surface area contributed by atoms with E-state index in [0.717, 1.165) is 0 Å². The second-order valence-electron chi connectivity index (χ2n) is 5.66. The fourth-order valence-electron chi connectivity index (χ4n) is 1.69. The summed E-state index contributed by atoms with van der Waals surface area (Å²) in [6.07, 6.45) is 6.86. The summed E-state index contributed by atoms with van der Waals surface area (Å²) in [5, 5.41) is 16.1. The van der Waals surface area contributed by atoms with E-state index >= 15 is 0 Å². The molecule has 0 aromatic carbocycles. The van der Waals surface area contributed by atoms with Gasteiger partial charge in [0.15, 0.2) is 0 Å². The van der Waals surface area contributed by atoms with Crippen molar-refractivity contribution in [2.24, 2.45) is 0 Å². The van der Waals surface area contributed by atoms with Crippen molar-refractivity contribution in [1.29, 1.82) is 0 Å². The summed E-state index contributed by atoms with van der Waals surface area (Å²) in [6.45, 7) is 5.30. The van der Waals surface area contributed by atoms with Crippen LogP contribution in [0.1, 0.15) is 27.2 Å². The van der Waals surface area contributed by atoms with Crippen molar-refractivity contribution in [3.8, 4) is 0 Å². The highest BCUT2D eigenvalue weighted by Gasteiger charge is 2.23. The van der Waals surface area contributed by atoms with E-state index in [-0.39, 0.29) is 11.9 Å².